The van der Waals surface area contributed by atoms with Crippen LogP contribution in [0.3, 0.4) is 0 Å². The highest BCUT2D eigenvalue weighted by atomic mass is 32.2. The Balaban J connectivity index is 1.87. The Hall–Kier alpha value is -3.18. The third kappa shape index (κ3) is 9.21. The van der Waals surface area contributed by atoms with Crippen molar-refractivity contribution in [2.45, 2.75) is 70.7 Å². The number of para-hydroxylation sites is 1. The van der Waals surface area contributed by atoms with Gasteiger partial charge in [0.05, 0.1) is 18.2 Å². The summed E-state index contributed by atoms with van der Waals surface area (Å²) in [4.78, 5) is 56.2. The van der Waals surface area contributed by atoms with Gasteiger partial charge in [-0.2, -0.15) is 11.8 Å². The van der Waals surface area contributed by atoms with E-state index in [9.17, 15) is 24.3 Å². The molecule has 2 aromatic rings. The average molecular weight is 558 g/mol. The lowest BCUT2D eigenvalue weighted by atomic mass is 10.0. The van der Waals surface area contributed by atoms with Crippen LogP contribution < -0.4 is 16.0 Å². The van der Waals surface area contributed by atoms with Crippen molar-refractivity contribution in [3.63, 3.8) is 0 Å². The zero-order valence-electron chi connectivity index (χ0n) is 22.8. The summed E-state index contributed by atoms with van der Waals surface area (Å²) in [6.45, 7) is 4.34. The topological polar surface area (TPSA) is 141 Å². The van der Waals surface area contributed by atoms with E-state index in [2.05, 4.69) is 34.8 Å². The number of carboxylic acids is 1. The summed E-state index contributed by atoms with van der Waals surface area (Å²) in [6, 6.07) is 8.14. The van der Waals surface area contributed by atoms with E-state index in [-0.39, 0.29) is 24.3 Å². The maximum absolute atomic E-state index is 13.2. The molecule has 3 rings (SSSR count). The molecule has 0 spiro atoms. The molecule has 1 aromatic carbocycles. The number of carbonyl (C=O) groups is 4. The highest BCUT2D eigenvalue weighted by Gasteiger charge is 2.32. The normalized spacial score (nSPS) is 17.4. The molecule has 1 saturated heterocycles. The van der Waals surface area contributed by atoms with E-state index in [1.807, 2.05) is 41.5 Å². The van der Waals surface area contributed by atoms with Crippen molar-refractivity contribution >= 4 is 46.4 Å². The molecule has 4 atom stereocenters. The van der Waals surface area contributed by atoms with Gasteiger partial charge in [0, 0.05) is 24.5 Å². The molecule has 11 heteroatoms. The molecule has 0 bridgehead atoms. The SMILES string of the molecule is CC[C@H](C)CC(NC(=O)[C@@H]1CCC(=O)N1)N(CC(=O)N[C@@H](CCSC)C(=O)O)Cc1cnc2ccccc2c1. The first-order valence-corrected chi connectivity index (χ1v) is 14.8. The van der Waals surface area contributed by atoms with Crippen LogP contribution >= 0.6 is 11.8 Å². The van der Waals surface area contributed by atoms with E-state index < -0.39 is 30.1 Å². The molecule has 10 nitrogen and oxygen atoms in total. The van der Waals surface area contributed by atoms with Crippen LogP contribution in [0.1, 0.15) is 51.5 Å². The number of thioether (sulfide) groups is 1. The summed E-state index contributed by atoms with van der Waals surface area (Å²) >= 11 is 1.51. The van der Waals surface area contributed by atoms with E-state index in [1.54, 1.807) is 6.20 Å². The Morgan fingerprint density at radius 1 is 1.26 bits per heavy atom. The maximum atomic E-state index is 13.2. The van der Waals surface area contributed by atoms with E-state index in [1.165, 1.54) is 11.8 Å². The molecule has 39 heavy (non-hydrogen) atoms. The van der Waals surface area contributed by atoms with Crippen molar-refractivity contribution in [2.24, 2.45) is 5.92 Å². The molecule has 1 aromatic heterocycles. The Kier molecular flexibility index (Phi) is 11.5. The van der Waals surface area contributed by atoms with E-state index in [0.717, 1.165) is 22.9 Å². The lowest BCUT2D eigenvalue weighted by Gasteiger charge is -2.34. The largest absolute Gasteiger partial charge is 0.480 e. The summed E-state index contributed by atoms with van der Waals surface area (Å²) in [5.41, 5.74) is 1.71. The van der Waals surface area contributed by atoms with Crippen molar-refractivity contribution < 1.29 is 24.3 Å². The summed E-state index contributed by atoms with van der Waals surface area (Å²) in [6.07, 6.45) is 5.61. The molecule has 0 saturated carbocycles. The van der Waals surface area contributed by atoms with Gasteiger partial charge in [0.15, 0.2) is 0 Å². The minimum atomic E-state index is -1.08. The second-order valence-electron chi connectivity index (χ2n) is 10.1. The molecule has 1 aliphatic heterocycles. The number of nitrogens with one attached hydrogen (secondary N) is 3. The van der Waals surface area contributed by atoms with Crippen LogP contribution in [0.5, 0.6) is 0 Å². The van der Waals surface area contributed by atoms with Gasteiger partial charge in [0.1, 0.15) is 12.1 Å². The van der Waals surface area contributed by atoms with Crippen LogP contribution in [0, 0.1) is 5.92 Å². The second kappa shape index (κ2) is 14.8. The van der Waals surface area contributed by atoms with Crippen molar-refractivity contribution in [3.8, 4) is 0 Å². The zero-order chi connectivity index (χ0) is 28.4. The van der Waals surface area contributed by atoms with Crippen molar-refractivity contribution in [2.75, 3.05) is 18.6 Å². The average Bonchev–Trinajstić information content (AvgIpc) is 3.36. The van der Waals surface area contributed by atoms with Crippen molar-refractivity contribution in [1.82, 2.24) is 25.8 Å². The predicted molar refractivity (Wildman–Crippen MR) is 152 cm³/mol. The number of amides is 3. The van der Waals surface area contributed by atoms with E-state index in [0.29, 0.717) is 38.0 Å². The van der Waals surface area contributed by atoms with Gasteiger partial charge in [-0.05, 0) is 54.9 Å². The van der Waals surface area contributed by atoms with Gasteiger partial charge < -0.3 is 21.1 Å². The van der Waals surface area contributed by atoms with Gasteiger partial charge in [0.2, 0.25) is 17.7 Å². The Bertz CT molecular complexity index is 1160. The number of rotatable bonds is 15. The van der Waals surface area contributed by atoms with Gasteiger partial charge in [-0.25, -0.2) is 4.79 Å². The standard InChI is InChI=1S/C28H39N5O5S/c1-4-18(2)13-24(32-27(36)22-9-10-25(34)30-22)33(17-26(35)31-23(28(37)38)11-12-39-3)16-19-14-20-7-5-6-8-21(20)29-15-19/h5-8,14-15,18,22-24H,4,9-13,16-17H2,1-3H3,(H,30,34)(H,31,35)(H,32,36)(H,37,38)/t18-,22-,23-,24?/m0/s1. The van der Waals surface area contributed by atoms with E-state index >= 15 is 0 Å². The Morgan fingerprint density at radius 2 is 2.03 bits per heavy atom. The van der Waals surface area contributed by atoms with Crippen molar-refractivity contribution in [3.05, 3.63) is 42.1 Å². The number of aliphatic carboxylic acids is 1. The number of benzene rings is 1. The second-order valence-corrected chi connectivity index (χ2v) is 11.1. The number of nitrogens with zero attached hydrogens (tertiary/aromatic N) is 2. The first-order chi connectivity index (χ1) is 18.7. The zero-order valence-corrected chi connectivity index (χ0v) is 23.6. The molecule has 0 radical (unpaired) electrons. The molecular formula is C28H39N5O5S. The molecule has 0 aliphatic carbocycles. The number of carbonyl (C=O) groups excluding carboxylic acids is 3. The van der Waals surface area contributed by atoms with Crippen LogP contribution in [0.2, 0.25) is 0 Å². The number of carboxylic acid groups (broad SMARTS) is 1. The Labute approximate surface area is 233 Å². The summed E-state index contributed by atoms with van der Waals surface area (Å²) in [5, 5.41) is 19.0. The maximum Gasteiger partial charge on any atom is 0.326 e. The summed E-state index contributed by atoms with van der Waals surface area (Å²) in [7, 11) is 0. The van der Waals surface area contributed by atoms with E-state index in [4.69, 9.17) is 0 Å². The summed E-state index contributed by atoms with van der Waals surface area (Å²) < 4.78 is 0. The highest BCUT2D eigenvalue weighted by molar-refractivity contribution is 7.98. The number of hydrogen-bond acceptors (Lipinski definition) is 7. The molecule has 1 fully saturated rings. The minimum Gasteiger partial charge on any atom is -0.480 e. The highest BCUT2D eigenvalue weighted by Crippen LogP contribution is 2.19. The fourth-order valence-corrected chi connectivity index (χ4v) is 5.03. The van der Waals surface area contributed by atoms with Crippen LogP contribution in [0.15, 0.2) is 36.5 Å². The lowest BCUT2D eigenvalue weighted by Crippen LogP contribution is -2.56. The fraction of sp³-hybridized carbons (Fsp3) is 0.536. The van der Waals surface area contributed by atoms with Gasteiger partial charge in [-0.3, -0.25) is 24.3 Å². The molecule has 1 unspecified atom stereocenters. The summed E-state index contributed by atoms with van der Waals surface area (Å²) in [5.74, 6) is -1.12. The quantitative estimate of drug-likeness (QED) is 0.245. The first kappa shape index (κ1) is 30.4. The number of hydrogen-bond donors (Lipinski definition) is 4. The number of aromatic nitrogens is 1. The molecule has 1 aliphatic rings. The van der Waals surface area contributed by atoms with Crippen LogP contribution in [-0.2, 0) is 25.7 Å². The molecular weight excluding hydrogens is 518 g/mol. The number of pyridine rings is 1. The third-order valence-corrected chi connectivity index (χ3v) is 7.65. The lowest BCUT2D eigenvalue weighted by molar-refractivity contribution is -0.142. The predicted octanol–water partition coefficient (Wildman–Crippen LogP) is 2.52. The smallest absolute Gasteiger partial charge is 0.326 e. The van der Waals surface area contributed by atoms with Gasteiger partial charge in [-0.15, -0.1) is 0 Å². The Morgan fingerprint density at radius 3 is 2.69 bits per heavy atom. The monoisotopic (exact) mass is 557 g/mol. The molecule has 4 N–H and O–H groups in total. The molecule has 2 heterocycles. The van der Waals surface area contributed by atoms with Crippen LogP contribution in [0.25, 0.3) is 10.9 Å². The van der Waals surface area contributed by atoms with Gasteiger partial charge in [0.25, 0.3) is 0 Å². The number of fused-ring (bicyclic) bond motifs is 1. The van der Waals surface area contributed by atoms with Crippen LogP contribution in [-0.4, -0.2) is 75.5 Å². The van der Waals surface area contributed by atoms with Gasteiger partial charge in [-0.1, -0.05) is 38.5 Å². The van der Waals surface area contributed by atoms with Crippen LogP contribution in [0.4, 0.5) is 0 Å². The first-order valence-electron chi connectivity index (χ1n) is 13.4. The minimum absolute atomic E-state index is 0.117. The molecule has 212 valence electrons. The van der Waals surface area contributed by atoms with Gasteiger partial charge >= 0.3 is 5.97 Å². The van der Waals surface area contributed by atoms with Crippen molar-refractivity contribution in [1.29, 1.82) is 0 Å². The third-order valence-electron chi connectivity index (χ3n) is 7.01. The molecule has 3 amide bonds. The fourth-order valence-electron chi connectivity index (χ4n) is 4.55.